The maximum absolute atomic E-state index is 13.0. The summed E-state index contributed by atoms with van der Waals surface area (Å²) in [4.78, 5) is 45.7. The fourth-order valence-corrected chi connectivity index (χ4v) is 6.85. The predicted molar refractivity (Wildman–Crippen MR) is 151 cm³/mol. The Morgan fingerprint density at radius 2 is 1.90 bits per heavy atom. The number of aliphatic hydroxyl groups excluding tert-OH is 1. The molecule has 3 aliphatic heterocycles. The van der Waals surface area contributed by atoms with E-state index in [1.165, 1.54) is 5.56 Å². The van der Waals surface area contributed by atoms with Crippen LogP contribution in [-0.4, -0.2) is 69.0 Å². The van der Waals surface area contributed by atoms with Crippen LogP contribution in [0.25, 0.3) is 10.9 Å². The lowest BCUT2D eigenvalue weighted by atomic mass is 10.0. The molecule has 4 aliphatic rings. The summed E-state index contributed by atoms with van der Waals surface area (Å²) in [7, 11) is 0. The second kappa shape index (κ2) is 10.5. The van der Waals surface area contributed by atoms with Crippen molar-refractivity contribution in [1.82, 2.24) is 20.1 Å². The maximum atomic E-state index is 13.0. The molecule has 3 amide bonds. The van der Waals surface area contributed by atoms with E-state index in [0.717, 1.165) is 73.2 Å². The fraction of sp³-hybridized carbons (Fsp3) is 0.438. The number of fused-ring (bicyclic) bond motifs is 2. The third kappa shape index (κ3) is 5.20. The predicted octanol–water partition coefficient (Wildman–Crippen LogP) is 3.28. The van der Waals surface area contributed by atoms with Crippen molar-refractivity contribution in [2.45, 2.75) is 75.8 Å². The quantitative estimate of drug-likeness (QED) is 0.450. The van der Waals surface area contributed by atoms with Gasteiger partial charge in [0.1, 0.15) is 17.9 Å². The SMILES string of the molecule is O=C1CCC(N2Cc3cc(O[C@H]4CCN(Cc5ccc6nc([C@H]7CC[C@H](O)C7)ccc6c5)C4)ccc3C2=O)C(=O)N1. The van der Waals surface area contributed by atoms with E-state index in [4.69, 9.17) is 9.72 Å². The molecule has 9 nitrogen and oxygen atoms in total. The van der Waals surface area contributed by atoms with Gasteiger partial charge in [-0.15, -0.1) is 0 Å². The normalized spacial score (nSPS) is 26.6. The van der Waals surface area contributed by atoms with Crippen LogP contribution in [-0.2, 0) is 22.7 Å². The molecule has 3 aromatic rings. The highest BCUT2D eigenvalue weighted by Gasteiger charge is 2.39. The number of aromatic nitrogens is 1. The Hall–Kier alpha value is -3.82. The molecule has 1 saturated carbocycles. The number of carbonyl (C=O) groups excluding carboxylic acids is 3. The highest BCUT2D eigenvalue weighted by atomic mass is 16.5. The van der Waals surface area contributed by atoms with Crippen molar-refractivity contribution in [1.29, 1.82) is 0 Å². The smallest absolute Gasteiger partial charge is 0.255 e. The standard InChI is InChI=1S/C32H34N4O5/c37-23-4-2-21(14-23)28-8-3-20-13-19(1-7-27(20)33-28)16-35-12-11-25(18-35)41-24-5-6-26-22(15-24)17-36(32(26)40)29-9-10-30(38)34-31(29)39/h1,3,5-8,13,15,21,23,25,29,37H,2,4,9-12,14,16-18H2,(H,34,38,39)/t21-,23-,25-,29?/m0/s1. The minimum Gasteiger partial charge on any atom is -0.489 e. The molecule has 2 N–H and O–H groups in total. The highest BCUT2D eigenvalue weighted by molar-refractivity contribution is 6.05. The van der Waals surface area contributed by atoms with E-state index >= 15 is 0 Å². The first-order chi connectivity index (χ1) is 19.9. The molecule has 0 bridgehead atoms. The Morgan fingerprint density at radius 3 is 2.73 bits per heavy atom. The number of carbonyl (C=O) groups is 3. The van der Waals surface area contributed by atoms with E-state index in [-0.39, 0.29) is 30.4 Å². The number of likely N-dealkylation sites (tertiary alicyclic amines) is 1. The number of hydrogen-bond acceptors (Lipinski definition) is 7. The molecule has 4 heterocycles. The lowest BCUT2D eigenvalue weighted by Gasteiger charge is -2.29. The molecule has 1 aromatic heterocycles. The van der Waals surface area contributed by atoms with Crippen LogP contribution in [0.5, 0.6) is 5.75 Å². The molecule has 1 aliphatic carbocycles. The number of imide groups is 1. The van der Waals surface area contributed by atoms with Gasteiger partial charge in [-0.1, -0.05) is 12.1 Å². The number of aliphatic hydroxyl groups is 1. The highest BCUT2D eigenvalue weighted by Crippen LogP contribution is 2.34. The van der Waals surface area contributed by atoms with Crippen molar-refractivity contribution in [3.05, 3.63) is 70.9 Å². The van der Waals surface area contributed by atoms with Crippen LogP contribution in [0.3, 0.4) is 0 Å². The van der Waals surface area contributed by atoms with E-state index in [1.807, 2.05) is 12.1 Å². The molecule has 2 aromatic carbocycles. The fourth-order valence-electron chi connectivity index (χ4n) is 6.85. The second-order valence-electron chi connectivity index (χ2n) is 11.9. The zero-order chi connectivity index (χ0) is 28.1. The summed E-state index contributed by atoms with van der Waals surface area (Å²) in [6, 6.07) is 15.7. The average molecular weight is 555 g/mol. The molecule has 1 unspecified atom stereocenters. The zero-order valence-corrected chi connectivity index (χ0v) is 22.9. The molecular formula is C32H34N4O5. The molecule has 3 fully saturated rings. The lowest BCUT2D eigenvalue weighted by molar-refractivity contribution is -0.136. The Bertz CT molecular complexity index is 1540. The van der Waals surface area contributed by atoms with E-state index in [1.54, 1.807) is 11.0 Å². The van der Waals surface area contributed by atoms with Gasteiger partial charge in [0.25, 0.3) is 5.91 Å². The number of ether oxygens (including phenoxy) is 1. The lowest BCUT2D eigenvalue weighted by Crippen LogP contribution is -2.52. The van der Waals surface area contributed by atoms with Gasteiger partial charge < -0.3 is 14.7 Å². The van der Waals surface area contributed by atoms with Crippen molar-refractivity contribution in [2.75, 3.05) is 13.1 Å². The van der Waals surface area contributed by atoms with Crippen molar-refractivity contribution in [3.8, 4) is 5.75 Å². The molecule has 7 rings (SSSR count). The van der Waals surface area contributed by atoms with Gasteiger partial charge in [0, 0.05) is 55.2 Å². The van der Waals surface area contributed by atoms with Crippen LogP contribution >= 0.6 is 0 Å². The van der Waals surface area contributed by atoms with Gasteiger partial charge in [0.15, 0.2) is 0 Å². The van der Waals surface area contributed by atoms with E-state index in [0.29, 0.717) is 24.4 Å². The molecule has 4 atom stereocenters. The molecule has 41 heavy (non-hydrogen) atoms. The Morgan fingerprint density at radius 1 is 1.00 bits per heavy atom. The molecule has 212 valence electrons. The minimum absolute atomic E-state index is 0.0582. The summed E-state index contributed by atoms with van der Waals surface area (Å²) >= 11 is 0. The Balaban J connectivity index is 0.960. The summed E-state index contributed by atoms with van der Waals surface area (Å²) in [5, 5.41) is 13.4. The zero-order valence-electron chi connectivity index (χ0n) is 22.9. The van der Waals surface area contributed by atoms with Gasteiger partial charge in [0.05, 0.1) is 11.6 Å². The summed E-state index contributed by atoms with van der Waals surface area (Å²) in [6.45, 7) is 2.94. The molecule has 0 radical (unpaired) electrons. The van der Waals surface area contributed by atoms with Crippen LogP contribution in [0.15, 0.2) is 48.5 Å². The number of benzene rings is 2. The largest absolute Gasteiger partial charge is 0.489 e. The van der Waals surface area contributed by atoms with Crippen LogP contribution < -0.4 is 10.1 Å². The topological polar surface area (TPSA) is 112 Å². The third-order valence-corrected chi connectivity index (χ3v) is 9.03. The monoisotopic (exact) mass is 554 g/mol. The molecule has 9 heteroatoms. The van der Waals surface area contributed by atoms with Crippen LogP contribution in [0.1, 0.15) is 71.6 Å². The first-order valence-corrected chi connectivity index (χ1v) is 14.6. The van der Waals surface area contributed by atoms with Crippen LogP contribution in [0, 0.1) is 0 Å². The summed E-state index contributed by atoms with van der Waals surface area (Å²) in [6.07, 6.45) is 4.04. The molecule has 2 saturated heterocycles. The van der Waals surface area contributed by atoms with Gasteiger partial charge in [-0.3, -0.25) is 29.6 Å². The average Bonchev–Trinajstić information content (AvgIpc) is 3.67. The minimum atomic E-state index is -0.616. The van der Waals surface area contributed by atoms with Gasteiger partial charge in [-0.25, -0.2) is 0 Å². The Labute approximate surface area is 238 Å². The molecule has 0 spiro atoms. The number of pyridine rings is 1. The third-order valence-electron chi connectivity index (χ3n) is 9.03. The van der Waals surface area contributed by atoms with Gasteiger partial charge in [-0.2, -0.15) is 0 Å². The van der Waals surface area contributed by atoms with Crippen molar-refractivity contribution in [2.24, 2.45) is 0 Å². The van der Waals surface area contributed by atoms with E-state index in [9.17, 15) is 19.5 Å². The van der Waals surface area contributed by atoms with Crippen LogP contribution in [0.2, 0.25) is 0 Å². The van der Waals surface area contributed by atoms with Crippen LogP contribution in [0.4, 0.5) is 0 Å². The summed E-state index contributed by atoms with van der Waals surface area (Å²) in [5.41, 5.74) is 4.77. The Kier molecular flexibility index (Phi) is 6.71. The van der Waals surface area contributed by atoms with Crippen molar-refractivity contribution >= 4 is 28.6 Å². The van der Waals surface area contributed by atoms with Crippen molar-refractivity contribution < 1.29 is 24.2 Å². The number of hydrogen-bond donors (Lipinski definition) is 2. The molecular weight excluding hydrogens is 520 g/mol. The van der Waals surface area contributed by atoms with Crippen molar-refractivity contribution in [3.63, 3.8) is 0 Å². The summed E-state index contributed by atoms with van der Waals surface area (Å²) in [5.74, 6) is 0.223. The first-order valence-electron chi connectivity index (χ1n) is 14.6. The number of nitrogens with one attached hydrogen (secondary N) is 1. The number of piperidine rings is 1. The number of nitrogens with zero attached hydrogens (tertiary/aromatic N) is 3. The first kappa shape index (κ1) is 26.1. The van der Waals surface area contributed by atoms with E-state index in [2.05, 4.69) is 40.5 Å². The summed E-state index contributed by atoms with van der Waals surface area (Å²) < 4.78 is 6.34. The van der Waals surface area contributed by atoms with Gasteiger partial charge in [0.2, 0.25) is 11.8 Å². The number of amides is 3. The van der Waals surface area contributed by atoms with Gasteiger partial charge in [-0.05, 0) is 79.6 Å². The van der Waals surface area contributed by atoms with Gasteiger partial charge >= 0.3 is 0 Å². The second-order valence-corrected chi connectivity index (χ2v) is 11.9. The maximum Gasteiger partial charge on any atom is 0.255 e. The van der Waals surface area contributed by atoms with E-state index < -0.39 is 11.9 Å². The number of rotatable bonds is 6.